The Bertz CT molecular complexity index is 253. The number of nitrogens with one attached hydrogen (secondary N) is 1. The molecule has 0 aromatic heterocycles. The average Bonchev–Trinajstić information content (AvgIpc) is 2.41. The number of nitrogens with zero attached hydrogens (tertiary/aromatic N) is 3. The van der Waals surface area contributed by atoms with Crippen LogP contribution >= 0.6 is 24.0 Å². The van der Waals surface area contributed by atoms with Gasteiger partial charge in [-0.05, 0) is 44.7 Å². The quantitative estimate of drug-likeness (QED) is 0.551. The summed E-state index contributed by atoms with van der Waals surface area (Å²) in [5.74, 6) is 1.20. The van der Waals surface area contributed by atoms with E-state index in [2.05, 4.69) is 40.4 Å². The Morgan fingerprint density at radius 3 is 2.53 bits per heavy atom. The highest BCUT2D eigenvalue weighted by Gasteiger charge is 2.18. The first-order valence-corrected chi connectivity index (χ1v) is 8.82. The monoisotopic (exact) mass is 304 g/mol. The summed E-state index contributed by atoms with van der Waals surface area (Å²) in [4.78, 5) is 7.07. The summed E-state index contributed by atoms with van der Waals surface area (Å²) in [5.41, 5.74) is 0. The van der Waals surface area contributed by atoms with Crippen LogP contribution in [0.4, 0.5) is 0 Å². The van der Waals surface area contributed by atoms with Crippen LogP contribution < -0.4 is 5.32 Å². The van der Waals surface area contributed by atoms with E-state index >= 15 is 0 Å². The topological polar surface area (TPSA) is 21.8 Å². The normalized spacial score (nSPS) is 16.9. The number of likely N-dealkylation sites (N-methyl/N-ethyl adjacent to an activating group) is 1. The molecule has 112 valence electrons. The van der Waals surface area contributed by atoms with Crippen LogP contribution in [0.2, 0.25) is 0 Å². The molecule has 0 aliphatic carbocycles. The van der Waals surface area contributed by atoms with Gasteiger partial charge in [0.15, 0.2) is 5.11 Å². The Morgan fingerprint density at radius 1 is 1.26 bits per heavy atom. The second kappa shape index (κ2) is 9.80. The van der Waals surface area contributed by atoms with Crippen LogP contribution in [0, 0.1) is 0 Å². The lowest BCUT2D eigenvalue weighted by molar-refractivity contribution is 0.168. The first-order chi connectivity index (χ1) is 9.13. The van der Waals surface area contributed by atoms with E-state index in [1.54, 1.807) is 0 Å². The second-order valence-electron chi connectivity index (χ2n) is 5.21. The number of rotatable bonds is 7. The maximum Gasteiger partial charge on any atom is 0.169 e. The van der Waals surface area contributed by atoms with Crippen molar-refractivity contribution in [1.29, 1.82) is 0 Å². The van der Waals surface area contributed by atoms with Gasteiger partial charge in [-0.1, -0.05) is 0 Å². The molecule has 1 N–H and O–H groups in total. The van der Waals surface area contributed by atoms with Gasteiger partial charge in [-0.3, -0.25) is 4.90 Å². The third-order valence-corrected chi connectivity index (χ3v) is 4.42. The molecular formula is C13H28N4S2. The molecule has 0 aromatic rings. The van der Waals surface area contributed by atoms with Gasteiger partial charge in [0.1, 0.15) is 0 Å². The lowest BCUT2D eigenvalue weighted by Gasteiger charge is -2.36. The minimum Gasteiger partial charge on any atom is -0.363 e. The lowest BCUT2D eigenvalue weighted by atomic mass is 10.3. The Balaban J connectivity index is 2.12. The van der Waals surface area contributed by atoms with Gasteiger partial charge >= 0.3 is 0 Å². The minimum absolute atomic E-state index is 0.938. The molecule has 0 aromatic carbocycles. The van der Waals surface area contributed by atoms with Crippen molar-refractivity contribution in [3.05, 3.63) is 0 Å². The van der Waals surface area contributed by atoms with Crippen molar-refractivity contribution in [2.75, 3.05) is 71.9 Å². The molecule has 1 fully saturated rings. The molecule has 19 heavy (non-hydrogen) atoms. The van der Waals surface area contributed by atoms with Crippen molar-refractivity contribution in [3.63, 3.8) is 0 Å². The molecule has 0 unspecified atom stereocenters. The van der Waals surface area contributed by atoms with E-state index in [-0.39, 0.29) is 0 Å². The summed E-state index contributed by atoms with van der Waals surface area (Å²) in [6.07, 6.45) is 3.33. The van der Waals surface area contributed by atoms with Crippen LogP contribution in [0.15, 0.2) is 0 Å². The van der Waals surface area contributed by atoms with E-state index < -0.39 is 0 Å². The third-order valence-electron chi connectivity index (χ3n) is 3.32. The maximum absolute atomic E-state index is 5.45. The molecule has 0 spiro atoms. The average molecular weight is 305 g/mol. The van der Waals surface area contributed by atoms with Crippen molar-refractivity contribution in [2.45, 2.75) is 6.42 Å². The molecule has 1 heterocycles. The summed E-state index contributed by atoms with van der Waals surface area (Å²) < 4.78 is 0. The van der Waals surface area contributed by atoms with Crippen LogP contribution in [0.5, 0.6) is 0 Å². The van der Waals surface area contributed by atoms with E-state index in [0.717, 1.165) is 50.9 Å². The van der Waals surface area contributed by atoms with Crippen molar-refractivity contribution in [1.82, 2.24) is 20.0 Å². The van der Waals surface area contributed by atoms with Gasteiger partial charge in [0.25, 0.3) is 0 Å². The first-order valence-electron chi connectivity index (χ1n) is 7.02. The Hall–Kier alpha value is -0.0400. The molecule has 0 saturated carbocycles. The number of piperazine rings is 1. The van der Waals surface area contributed by atoms with E-state index in [1.807, 2.05) is 11.8 Å². The highest BCUT2D eigenvalue weighted by atomic mass is 32.2. The summed E-state index contributed by atoms with van der Waals surface area (Å²) in [6.45, 7) is 7.66. The van der Waals surface area contributed by atoms with Gasteiger partial charge < -0.3 is 15.1 Å². The standard InChI is InChI=1S/C13H28N4S2/c1-15(2)6-7-16-8-10-17(11-9-16)13(18)14-5-4-12-19-3/h4-12H2,1-3H3,(H,14,18). The summed E-state index contributed by atoms with van der Waals surface area (Å²) in [6, 6.07) is 0. The second-order valence-corrected chi connectivity index (χ2v) is 6.58. The molecule has 1 aliphatic rings. The fourth-order valence-corrected chi connectivity index (χ4v) is 2.76. The van der Waals surface area contributed by atoms with Crippen LogP contribution in [0.25, 0.3) is 0 Å². The molecule has 4 nitrogen and oxygen atoms in total. The zero-order valence-electron chi connectivity index (χ0n) is 12.5. The Morgan fingerprint density at radius 2 is 1.95 bits per heavy atom. The molecule has 6 heteroatoms. The highest BCUT2D eigenvalue weighted by Crippen LogP contribution is 2.02. The van der Waals surface area contributed by atoms with Gasteiger partial charge in [-0.25, -0.2) is 0 Å². The van der Waals surface area contributed by atoms with Gasteiger partial charge in [-0.15, -0.1) is 0 Å². The maximum atomic E-state index is 5.45. The minimum atomic E-state index is 0.938. The lowest BCUT2D eigenvalue weighted by Crippen LogP contribution is -2.52. The zero-order chi connectivity index (χ0) is 14.1. The molecule has 1 aliphatic heterocycles. The van der Waals surface area contributed by atoms with Gasteiger partial charge in [0, 0.05) is 45.8 Å². The van der Waals surface area contributed by atoms with E-state index in [0.29, 0.717) is 0 Å². The number of hydrogen-bond donors (Lipinski definition) is 1. The summed E-state index contributed by atoms with van der Waals surface area (Å²) in [7, 11) is 4.26. The van der Waals surface area contributed by atoms with Crippen LogP contribution in [-0.2, 0) is 0 Å². The van der Waals surface area contributed by atoms with E-state index in [4.69, 9.17) is 12.2 Å². The zero-order valence-corrected chi connectivity index (χ0v) is 14.2. The van der Waals surface area contributed by atoms with Gasteiger partial charge in [0.2, 0.25) is 0 Å². The van der Waals surface area contributed by atoms with Gasteiger partial charge in [0.05, 0.1) is 0 Å². The molecule has 0 amide bonds. The van der Waals surface area contributed by atoms with Crippen LogP contribution in [0.1, 0.15) is 6.42 Å². The number of thiocarbonyl (C=S) groups is 1. The largest absolute Gasteiger partial charge is 0.363 e. The van der Waals surface area contributed by atoms with Crippen LogP contribution in [-0.4, -0.2) is 91.7 Å². The number of hydrogen-bond acceptors (Lipinski definition) is 4. The highest BCUT2D eigenvalue weighted by molar-refractivity contribution is 7.98. The predicted octanol–water partition coefficient (Wildman–Crippen LogP) is 0.793. The fraction of sp³-hybridized carbons (Fsp3) is 0.923. The first kappa shape index (κ1) is 17.0. The van der Waals surface area contributed by atoms with E-state index in [1.165, 1.54) is 12.2 Å². The Labute approximate surface area is 127 Å². The van der Waals surface area contributed by atoms with Crippen molar-refractivity contribution in [3.8, 4) is 0 Å². The van der Waals surface area contributed by atoms with Crippen molar-refractivity contribution in [2.24, 2.45) is 0 Å². The predicted molar refractivity (Wildman–Crippen MR) is 90.2 cm³/mol. The number of thioether (sulfide) groups is 1. The smallest absolute Gasteiger partial charge is 0.169 e. The summed E-state index contributed by atoms with van der Waals surface area (Å²) in [5, 5.41) is 4.31. The molecule has 0 bridgehead atoms. The Kier molecular flexibility index (Phi) is 8.77. The molecule has 1 saturated heterocycles. The third kappa shape index (κ3) is 7.34. The fourth-order valence-electron chi connectivity index (χ4n) is 2.04. The van der Waals surface area contributed by atoms with E-state index in [9.17, 15) is 0 Å². The molecular weight excluding hydrogens is 276 g/mol. The SMILES string of the molecule is CSCCCNC(=S)N1CCN(CCN(C)C)CC1. The van der Waals surface area contributed by atoms with Crippen molar-refractivity contribution >= 4 is 29.1 Å². The molecule has 1 rings (SSSR count). The molecule has 0 radical (unpaired) electrons. The van der Waals surface area contributed by atoms with Gasteiger partial charge in [-0.2, -0.15) is 11.8 Å². The van der Waals surface area contributed by atoms with Crippen LogP contribution in [0.3, 0.4) is 0 Å². The van der Waals surface area contributed by atoms with Crippen molar-refractivity contribution < 1.29 is 0 Å². The molecule has 0 atom stereocenters. The summed E-state index contributed by atoms with van der Waals surface area (Å²) >= 11 is 7.34.